The number of allylic oxidation sites excluding steroid dienone is 1. The van der Waals surface area contributed by atoms with Gasteiger partial charge in [-0.2, -0.15) is 0 Å². The van der Waals surface area contributed by atoms with Crippen molar-refractivity contribution in [1.82, 2.24) is 4.57 Å². The van der Waals surface area contributed by atoms with Crippen LogP contribution in [0.25, 0.3) is 11.8 Å². The fourth-order valence-electron chi connectivity index (χ4n) is 5.10. The molecule has 0 fully saturated rings. The third-order valence-electron chi connectivity index (χ3n) is 6.96. The number of nitrogens with zero attached hydrogens (tertiary/aromatic N) is 2. The number of benzene rings is 3. The Morgan fingerprint density at radius 2 is 1.74 bits per heavy atom. The average Bonchev–Trinajstić information content (AvgIpc) is 3.18. The molecule has 6 rings (SSSR count). The average molecular weight is 542 g/mol. The number of aromatic nitrogens is 1. The second kappa shape index (κ2) is 8.89. The zero-order chi connectivity index (χ0) is 24.1. The molecule has 2 heterocycles. The molecule has 0 bridgehead atoms. The molecule has 4 aromatic rings. The van der Waals surface area contributed by atoms with E-state index in [0.29, 0.717) is 5.92 Å². The Labute approximate surface area is 216 Å². The fourth-order valence-corrected chi connectivity index (χ4v) is 6.36. The van der Waals surface area contributed by atoms with Gasteiger partial charge in [-0.3, -0.25) is 9.36 Å². The van der Waals surface area contributed by atoms with E-state index in [1.54, 1.807) is 0 Å². The molecule has 1 aliphatic heterocycles. The van der Waals surface area contributed by atoms with Crippen LogP contribution in [-0.4, -0.2) is 4.57 Å². The van der Waals surface area contributed by atoms with Crippen molar-refractivity contribution in [2.24, 2.45) is 4.99 Å². The molecule has 5 heteroatoms. The van der Waals surface area contributed by atoms with E-state index in [1.807, 2.05) is 10.6 Å². The van der Waals surface area contributed by atoms with Crippen molar-refractivity contribution in [3.63, 3.8) is 0 Å². The van der Waals surface area contributed by atoms with Crippen molar-refractivity contribution < 1.29 is 0 Å². The lowest BCUT2D eigenvalue weighted by Gasteiger charge is -2.30. The summed E-state index contributed by atoms with van der Waals surface area (Å²) in [5.74, 6) is 0.481. The quantitative estimate of drug-likeness (QED) is 0.304. The lowest BCUT2D eigenvalue weighted by atomic mass is 9.83. The summed E-state index contributed by atoms with van der Waals surface area (Å²) < 4.78 is 3.66. The van der Waals surface area contributed by atoms with E-state index in [-0.39, 0.29) is 11.6 Å². The summed E-state index contributed by atoms with van der Waals surface area (Å²) >= 11 is 5.04. The highest BCUT2D eigenvalue weighted by Gasteiger charge is 2.32. The highest BCUT2D eigenvalue weighted by atomic mass is 79.9. The molecule has 2 aliphatic rings. The van der Waals surface area contributed by atoms with Crippen LogP contribution >= 0.6 is 27.3 Å². The van der Waals surface area contributed by atoms with Crippen molar-refractivity contribution in [2.75, 3.05) is 0 Å². The summed E-state index contributed by atoms with van der Waals surface area (Å²) in [5.41, 5.74) is 8.26. The van der Waals surface area contributed by atoms with Gasteiger partial charge in [0.15, 0.2) is 4.80 Å². The van der Waals surface area contributed by atoms with Gasteiger partial charge >= 0.3 is 0 Å². The maximum Gasteiger partial charge on any atom is 0.271 e. The SMILES string of the molecule is CC(C)c1ccc(/C=c2/sc3n(c2=O)[C@H](c2ccc(Br)cc2)C2=C(N=3)c3ccccc3CC2)cc1. The highest BCUT2D eigenvalue weighted by Crippen LogP contribution is 2.41. The number of thiazole rings is 1. The summed E-state index contributed by atoms with van der Waals surface area (Å²) in [6, 6.07) is 25.2. The Hall–Kier alpha value is -3.02. The van der Waals surface area contributed by atoms with Crippen LogP contribution in [0.15, 0.2) is 92.6 Å². The Balaban J connectivity index is 1.57. The molecule has 0 radical (unpaired) electrons. The second-order valence-electron chi connectivity index (χ2n) is 9.49. The van der Waals surface area contributed by atoms with Gasteiger partial charge in [0.1, 0.15) is 0 Å². The molecule has 3 nitrogen and oxygen atoms in total. The minimum atomic E-state index is -0.145. The lowest BCUT2D eigenvalue weighted by molar-refractivity contribution is 0.585. The first-order valence-corrected chi connectivity index (χ1v) is 13.6. The largest absolute Gasteiger partial charge is 0.272 e. The Kier molecular flexibility index (Phi) is 5.70. The zero-order valence-corrected chi connectivity index (χ0v) is 22.1. The van der Waals surface area contributed by atoms with Gasteiger partial charge in [0.05, 0.1) is 16.3 Å². The van der Waals surface area contributed by atoms with Gasteiger partial charge in [-0.1, -0.05) is 102 Å². The molecule has 1 atom stereocenters. The van der Waals surface area contributed by atoms with E-state index in [2.05, 4.69) is 103 Å². The second-order valence-corrected chi connectivity index (χ2v) is 11.4. The van der Waals surface area contributed by atoms with Crippen LogP contribution in [0.4, 0.5) is 0 Å². The van der Waals surface area contributed by atoms with Gasteiger partial charge in [0.25, 0.3) is 5.56 Å². The highest BCUT2D eigenvalue weighted by molar-refractivity contribution is 9.10. The third kappa shape index (κ3) is 3.97. The maximum absolute atomic E-state index is 13.8. The molecule has 1 aromatic heterocycles. The number of aryl methyl sites for hydroxylation is 1. The normalized spacial score (nSPS) is 17.1. The summed E-state index contributed by atoms with van der Waals surface area (Å²) in [5, 5.41) is 0. The summed E-state index contributed by atoms with van der Waals surface area (Å²) in [4.78, 5) is 19.7. The zero-order valence-electron chi connectivity index (χ0n) is 19.7. The van der Waals surface area contributed by atoms with Gasteiger partial charge in [-0.05, 0) is 64.8 Å². The van der Waals surface area contributed by atoms with Crippen LogP contribution in [0.5, 0.6) is 0 Å². The lowest BCUT2D eigenvalue weighted by Crippen LogP contribution is -2.38. The van der Waals surface area contributed by atoms with Crippen molar-refractivity contribution in [3.05, 3.63) is 130 Å². The molecule has 0 unspecified atom stereocenters. The predicted molar refractivity (Wildman–Crippen MR) is 147 cm³/mol. The fraction of sp³-hybridized carbons (Fsp3) is 0.200. The van der Waals surface area contributed by atoms with Crippen LogP contribution < -0.4 is 14.9 Å². The van der Waals surface area contributed by atoms with Gasteiger partial charge in [0.2, 0.25) is 0 Å². The molecule has 0 amide bonds. The summed E-state index contributed by atoms with van der Waals surface area (Å²) in [7, 11) is 0. The van der Waals surface area contributed by atoms with Gasteiger partial charge in [-0.15, -0.1) is 0 Å². The van der Waals surface area contributed by atoms with Crippen LogP contribution in [0.1, 0.15) is 60.0 Å². The minimum Gasteiger partial charge on any atom is -0.272 e. The molecule has 3 aromatic carbocycles. The van der Waals surface area contributed by atoms with E-state index in [4.69, 9.17) is 4.99 Å². The van der Waals surface area contributed by atoms with E-state index in [0.717, 1.165) is 43.5 Å². The molecule has 0 N–H and O–H groups in total. The van der Waals surface area contributed by atoms with Crippen molar-refractivity contribution in [1.29, 1.82) is 0 Å². The van der Waals surface area contributed by atoms with Gasteiger partial charge in [0, 0.05) is 10.0 Å². The molecular weight excluding hydrogens is 516 g/mol. The molecule has 0 saturated carbocycles. The monoisotopic (exact) mass is 540 g/mol. The van der Waals surface area contributed by atoms with Gasteiger partial charge < -0.3 is 0 Å². The van der Waals surface area contributed by atoms with Crippen molar-refractivity contribution in [3.8, 4) is 0 Å². The molecule has 0 saturated heterocycles. The van der Waals surface area contributed by atoms with Crippen LogP contribution in [-0.2, 0) is 6.42 Å². The van der Waals surface area contributed by atoms with Gasteiger partial charge in [-0.25, -0.2) is 4.99 Å². The van der Waals surface area contributed by atoms with Crippen molar-refractivity contribution >= 4 is 39.0 Å². The molecule has 0 spiro atoms. The van der Waals surface area contributed by atoms with Crippen LogP contribution in [0, 0.1) is 0 Å². The van der Waals surface area contributed by atoms with E-state index in [1.165, 1.54) is 33.6 Å². The smallest absolute Gasteiger partial charge is 0.271 e. The minimum absolute atomic E-state index is 0.0278. The Morgan fingerprint density at radius 3 is 2.49 bits per heavy atom. The van der Waals surface area contributed by atoms with Crippen LogP contribution in [0.3, 0.4) is 0 Å². The van der Waals surface area contributed by atoms with Crippen LogP contribution in [0.2, 0.25) is 0 Å². The predicted octanol–water partition coefficient (Wildman–Crippen LogP) is 6.20. The maximum atomic E-state index is 13.8. The Morgan fingerprint density at radius 1 is 1.00 bits per heavy atom. The first-order valence-electron chi connectivity index (χ1n) is 12.0. The molecule has 35 heavy (non-hydrogen) atoms. The van der Waals surface area contributed by atoms with E-state index in [9.17, 15) is 4.79 Å². The number of fused-ring (bicyclic) bond motifs is 3. The molecular formula is C30H25BrN2OS. The molecule has 174 valence electrons. The number of hydrogen-bond donors (Lipinski definition) is 0. The van der Waals surface area contributed by atoms with Crippen molar-refractivity contribution in [2.45, 2.75) is 38.6 Å². The first kappa shape index (κ1) is 22.4. The van der Waals surface area contributed by atoms with E-state index >= 15 is 0 Å². The summed E-state index contributed by atoms with van der Waals surface area (Å²) in [6.45, 7) is 4.38. The van der Waals surface area contributed by atoms with E-state index < -0.39 is 0 Å². The number of halogens is 1. The Bertz CT molecular complexity index is 1640. The first-order chi connectivity index (χ1) is 17.0. The topological polar surface area (TPSA) is 34.4 Å². The number of rotatable bonds is 3. The third-order valence-corrected chi connectivity index (χ3v) is 8.47. The number of hydrogen-bond acceptors (Lipinski definition) is 3. The summed E-state index contributed by atoms with van der Waals surface area (Å²) in [6.07, 6.45) is 3.87. The molecule has 1 aliphatic carbocycles. The standard InChI is InChI=1S/C30H25BrN2OS/c1-18(2)20-9-7-19(8-10-20)17-26-29(34)33-28(22-11-14-23(31)15-12-22)25-16-13-21-5-3-4-6-24(21)27(25)32-30(33)35-26/h3-12,14-15,17-18,28H,13,16H2,1-2H3/b26-17+/t28-/m1/s1.